The third-order valence-corrected chi connectivity index (χ3v) is 19.1. The fourth-order valence-corrected chi connectivity index (χ4v) is 18.7. The molecule has 0 aromatic heterocycles. The van der Waals surface area contributed by atoms with Gasteiger partial charge in [0.25, 0.3) is 0 Å². The average molecular weight is 400 g/mol. The first-order chi connectivity index (χ1) is 10.1. The molecule has 1 N–H and O–H groups in total. The molecule has 2 nitrogen and oxygen atoms in total. The van der Waals surface area contributed by atoms with Crippen LogP contribution in [0.15, 0.2) is 9.67 Å². The molecule has 0 aromatic carbocycles. The molecule has 1 amide bonds. The molecule has 1 fully saturated rings. The van der Waals surface area contributed by atoms with E-state index in [9.17, 15) is 4.79 Å². The Labute approximate surface area is 136 Å². The van der Waals surface area contributed by atoms with E-state index in [2.05, 4.69) is 37.1 Å². The topological polar surface area (TPSA) is 29.1 Å². The summed E-state index contributed by atoms with van der Waals surface area (Å²) in [7, 11) is 0. The molecule has 1 aliphatic heterocycles. The van der Waals surface area contributed by atoms with Crippen LogP contribution in [0.25, 0.3) is 0 Å². The molecular weight excluding hydrogens is 365 g/mol. The fourth-order valence-electron chi connectivity index (χ4n) is 3.46. The Kier molecular flexibility index (Phi) is 8.99. The van der Waals surface area contributed by atoms with Gasteiger partial charge in [0, 0.05) is 0 Å². The van der Waals surface area contributed by atoms with Gasteiger partial charge in [-0.2, -0.15) is 0 Å². The van der Waals surface area contributed by atoms with Crippen LogP contribution in [0.2, 0.25) is 13.3 Å². The predicted octanol–water partition coefficient (Wildman–Crippen LogP) is 5.21. The standard InChI is InChI=1S/C6H8NO.3C4H9.Sn/c1-4-3-5(2)7-6(4)8;3*1-3-4-2;/h1,5H,3H2,2H3,(H,7,8);3*1,3-4H2,2H3;. The normalized spacial score (nSPS) is 21.0. The number of hydrogen-bond acceptors (Lipinski definition) is 1. The summed E-state index contributed by atoms with van der Waals surface area (Å²) in [5.41, 5.74) is 1.14. The van der Waals surface area contributed by atoms with Crippen molar-refractivity contribution in [2.24, 2.45) is 0 Å². The van der Waals surface area contributed by atoms with Gasteiger partial charge in [-0.15, -0.1) is 0 Å². The first-order valence-electron chi connectivity index (χ1n) is 9.09. The Morgan fingerprint density at radius 3 is 1.86 bits per heavy atom. The number of carbonyl (C=O) groups excluding carboxylic acids is 1. The second-order valence-corrected chi connectivity index (χ2v) is 19.8. The van der Waals surface area contributed by atoms with E-state index in [4.69, 9.17) is 0 Å². The zero-order valence-corrected chi connectivity index (χ0v) is 17.5. The molecule has 1 rings (SSSR count). The first-order valence-corrected chi connectivity index (χ1v) is 16.8. The summed E-state index contributed by atoms with van der Waals surface area (Å²) < 4.78 is 6.96. The molecule has 1 saturated heterocycles. The van der Waals surface area contributed by atoms with Crippen LogP contribution in [-0.2, 0) is 4.79 Å². The zero-order chi connectivity index (χ0) is 15.7. The minimum absolute atomic E-state index is 0.230. The van der Waals surface area contributed by atoms with Crippen LogP contribution < -0.4 is 5.32 Å². The number of nitrogens with one attached hydrogen (secondary N) is 1. The van der Waals surface area contributed by atoms with E-state index in [0.717, 1.165) is 12.0 Å². The van der Waals surface area contributed by atoms with Crippen molar-refractivity contribution in [3.05, 3.63) is 9.67 Å². The van der Waals surface area contributed by atoms with Gasteiger partial charge in [-0.3, -0.25) is 0 Å². The van der Waals surface area contributed by atoms with Crippen molar-refractivity contribution in [3.8, 4) is 0 Å². The Morgan fingerprint density at radius 1 is 1.05 bits per heavy atom. The van der Waals surface area contributed by atoms with E-state index in [1.165, 1.54) is 51.8 Å². The molecule has 0 bridgehead atoms. The van der Waals surface area contributed by atoms with Gasteiger partial charge in [-0.1, -0.05) is 0 Å². The summed E-state index contributed by atoms with van der Waals surface area (Å²) in [5, 5.41) is 3.08. The van der Waals surface area contributed by atoms with Gasteiger partial charge >= 0.3 is 136 Å². The van der Waals surface area contributed by atoms with E-state index in [1.54, 1.807) is 0 Å². The van der Waals surface area contributed by atoms with Gasteiger partial charge in [0.15, 0.2) is 0 Å². The number of carbonyl (C=O) groups is 1. The maximum atomic E-state index is 12.1. The van der Waals surface area contributed by atoms with Crippen LogP contribution in [0, 0.1) is 0 Å². The Bertz CT molecular complexity index is 329. The van der Waals surface area contributed by atoms with Crippen molar-refractivity contribution in [1.82, 2.24) is 5.32 Å². The number of rotatable bonds is 10. The van der Waals surface area contributed by atoms with Crippen molar-refractivity contribution < 1.29 is 4.79 Å². The Hall–Kier alpha value is 0.00870. The number of hydrogen-bond donors (Lipinski definition) is 1. The Morgan fingerprint density at radius 2 is 1.52 bits per heavy atom. The van der Waals surface area contributed by atoms with Crippen molar-refractivity contribution in [1.29, 1.82) is 0 Å². The van der Waals surface area contributed by atoms with E-state index in [-0.39, 0.29) is 5.91 Å². The molecular formula is C18H35NOSn. The van der Waals surface area contributed by atoms with Crippen molar-refractivity contribution >= 4 is 24.3 Å². The molecule has 1 heterocycles. The van der Waals surface area contributed by atoms with E-state index in [0.29, 0.717) is 6.04 Å². The van der Waals surface area contributed by atoms with Crippen LogP contribution in [0.3, 0.4) is 0 Å². The van der Waals surface area contributed by atoms with Gasteiger partial charge in [0.2, 0.25) is 0 Å². The summed E-state index contributed by atoms with van der Waals surface area (Å²) in [6.45, 7) is 9.02. The molecule has 0 radical (unpaired) electrons. The van der Waals surface area contributed by atoms with Gasteiger partial charge in [-0.05, 0) is 0 Å². The Balaban J connectivity index is 2.94. The molecule has 21 heavy (non-hydrogen) atoms. The molecule has 1 aliphatic rings. The summed E-state index contributed by atoms with van der Waals surface area (Å²) in [6.07, 6.45) is 8.94. The maximum absolute atomic E-state index is 12.1. The van der Waals surface area contributed by atoms with Gasteiger partial charge in [-0.25, -0.2) is 0 Å². The number of unbranched alkanes of at least 4 members (excludes halogenated alkanes) is 3. The van der Waals surface area contributed by atoms with Crippen LogP contribution in [-0.4, -0.2) is 30.3 Å². The molecule has 0 saturated carbocycles. The van der Waals surface area contributed by atoms with E-state index < -0.39 is 18.4 Å². The SMILES string of the molecule is CCC[CH2][Sn]([CH]=C1CC(C)NC1=O)([CH2]CCC)[CH2]CCC. The third-order valence-electron chi connectivity index (χ3n) is 4.76. The van der Waals surface area contributed by atoms with Crippen LogP contribution >= 0.6 is 0 Å². The van der Waals surface area contributed by atoms with E-state index in [1.807, 2.05) is 0 Å². The minimum atomic E-state index is -2.28. The zero-order valence-electron chi connectivity index (χ0n) is 14.6. The van der Waals surface area contributed by atoms with Crippen LogP contribution in [0.1, 0.15) is 72.6 Å². The number of amides is 1. The van der Waals surface area contributed by atoms with Gasteiger partial charge in [0.1, 0.15) is 0 Å². The summed E-state index contributed by atoms with van der Waals surface area (Å²) in [4.78, 5) is 12.1. The van der Waals surface area contributed by atoms with Crippen LogP contribution in [0.5, 0.6) is 0 Å². The summed E-state index contributed by atoms with van der Waals surface area (Å²) in [6, 6.07) is 0.344. The van der Waals surface area contributed by atoms with Crippen molar-refractivity contribution in [2.75, 3.05) is 0 Å². The molecule has 1 unspecified atom stereocenters. The van der Waals surface area contributed by atoms with Crippen LogP contribution in [0.4, 0.5) is 0 Å². The predicted molar refractivity (Wildman–Crippen MR) is 95.2 cm³/mol. The van der Waals surface area contributed by atoms with Crippen molar-refractivity contribution in [2.45, 2.75) is 92.0 Å². The first kappa shape index (κ1) is 19.1. The monoisotopic (exact) mass is 401 g/mol. The molecule has 0 aliphatic carbocycles. The molecule has 1 atom stereocenters. The molecule has 122 valence electrons. The van der Waals surface area contributed by atoms with Crippen molar-refractivity contribution in [3.63, 3.8) is 0 Å². The van der Waals surface area contributed by atoms with E-state index >= 15 is 0 Å². The molecule has 3 heteroatoms. The van der Waals surface area contributed by atoms with Gasteiger partial charge in [0.05, 0.1) is 0 Å². The second kappa shape index (κ2) is 9.91. The van der Waals surface area contributed by atoms with Gasteiger partial charge < -0.3 is 0 Å². The third kappa shape index (κ3) is 6.33. The fraction of sp³-hybridized carbons (Fsp3) is 0.833. The summed E-state index contributed by atoms with van der Waals surface area (Å²) >= 11 is -2.28. The second-order valence-electron chi connectivity index (χ2n) is 6.92. The quantitative estimate of drug-likeness (QED) is 0.396. The average Bonchev–Trinajstić information content (AvgIpc) is 2.78. The molecule has 0 spiro atoms. The summed E-state index contributed by atoms with van der Waals surface area (Å²) in [5.74, 6) is 0.230. The molecule has 0 aromatic rings.